The van der Waals surface area contributed by atoms with Crippen LogP contribution >= 0.6 is 0 Å². The minimum atomic E-state index is -2.23. The van der Waals surface area contributed by atoms with Crippen LogP contribution < -0.4 is 0 Å². The Hall–Kier alpha value is -2.05. The number of aliphatic hydroxyl groups excluding tert-OH is 20. The maximum Gasteiger partial charge on any atom is 0.187 e. The number of fused-ring (bicyclic) bond motifs is 7. The second-order valence-corrected chi connectivity index (χ2v) is 19.9. The van der Waals surface area contributed by atoms with E-state index >= 15 is 0 Å². The summed E-state index contributed by atoms with van der Waals surface area (Å²) in [5, 5.41) is 224. The molecule has 15 fully saturated rings. The predicted octanol–water partition coefficient (Wildman–Crippen LogP) is -13.9. The maximum atomic E-state index is 11.6. The molecule has 456 valence electrons. The number of nitrogens with zero attached hydrogens (tertiary/aromatic N) is 3. The van der Waals surface area contributed by atoms with E-state index < -0.39 is 261 Å². The van der Waals surface area contributed by atoms with Gasteiger partial charge in [-0.05, 0) is 5.53 Å². The number of ether oxygens (including phenoxy) is 14. The Morgan fingerprint density at radius 2 is 0.405 bits per heavy atom. The molecule has 14 bridgehead atoms. The molecule has 15 heterocycles. The van der Waals surface area contributed by atoms with Gasteiger partial charge in [-0.25, -0.2) is 0 Å². The molecular formula is C42H69N3O34. The number of rotatable bonds is 8. The Bertz CT molecular complexity index is 1970. The molecule has 0 aromatic carbocycles. The molecule has 15 aliphatic heterocycles. The normalized spacial score (nSPS) is 54.1. The molecule has 0 radical (unpaired) electrons. The van der Waals surface area contributed by atoms with Crippen molar-refractivity contribution in [2.75, 3.05) is 46.2 Å². The fraction of sp³-hybridized carbons (Fsp3) is 1.00. The molecule has 0 spiro atoms. The van der Waals surface area contributed by atoms with Gasteiger partial charge in [-0.3, -0.25) is 0 Å². The highest BCUT2D eigenvalue weighted by atomic mass is 16.8. The molecule has 15 rings (SSSR count). The molecule has 15 aliphatic rings. The first-order valence-corrected chi connectivity index (χ1v) is 25.0. The van der Waals surface area contributed by atoms with Crippen molar-refractivity contribution in [1.29, 1.82) is 0 Å². The van der Waals surface area contributed by atoms with Gasteiger partial charge in [0.1, 0.15) is 165 Å². The lowest BCUT2D eigenvalue weighted by Gasteiger charge is -2.50. The molecule has 0 aliphatic carbocycles. The van der Waals surface area contributed by atoms with Crippen molar-refractivity contribution >= 4 is 0 Å². The van der Waals surface area contributed by atoms with Crippen LogP contribution in [0.15, 0.2) is 5.11 Å². The molecule has 37 heteroatoms. The number of hydrogen-bond donors (Lipinski definition) is 20. The Morgan fingerprint density at radius 3 is 0.582 bits per heavy atom. The number of aliphatic hydroxyl groups is 20. The van der Waals surface area contributed by atoms with E-state index in [0.717, 1.165) is 0 Å². The SMILES string of the molecule is [N-]=[N+]=N[C@@H]1[C@H]2O[C@H]3[C@H](O)[C@@H](O)[C@@H](O[C@H]4[C@H](O)[C@@H](O)[C@@H](O[C@H]5[C@H](O)[C@@H](O)[C@@H](O[C@H]6[C@H](O)[C@@H](O)[C@@H](O[C@H]7[C@H](O)[C@@H](O)[C@@H](O[C@H]8[C@H](O)[C@@H](O)[C@@H](O[C@@H]([C@H]1O)[C@@H](CO)O2)O[C@@H]8CO)O[C@@H]7CO)O[C@@H]6CO)O[C@@H]5CO)O[C@@H]4CO)O[C@@H]3CO. The highest BCUT2D eigenvalue weighted by molar-refractivity contribution is 5.02. The van der Waals surface area contributed by atoms with Gasteiger partial charge in [0.25, 0.3) is 0 Å². The smallest absolute Gasteiger partial charge is 0.187 e. The lowest BCUT2D eigenvalue weighted by atomic mass is 9.94. The van der Waals surface area contributed by atoms with Crippen molar-refractivity contribution in [2.24, 2.45) is 5.11 Å². The first-order valence-electron chi connectivity index (χ1n) is 25.0. The minimum Gasteiger partial charge on any atom is -0.394 e. The lowest BCUT2D eigenvalue weighted by Crippen LogP contribution is -2.68. The van der Waals surface area contributed by atoms with Crippen molar-refractivity contribution in [3.05, 3.63) is 10.4 Å². The molecule has 0 unspecified atom stereocenters. The third kappa shape index (κ3) is 12.4. The summed E-state index contributed by atoms with van der Waals surface area (Å²) in [6.45, 7) is -7.41. The molecule has 0 amide bonds. The van der Waals surface area contributed by atoms with Gasteiger partial charge < -0.3 is 168 Å². The molecule has 35 atom stereocenters. The molecule has 37 nitrogen and oxygen atoms in total. The zero-order chi connectivity index (χ0) is 57.5. The highest BCUT2D eigenvalue weighted by Gasteiger charge is 2.59. The van der Waals surface area contributed by atoms with E-state index in [2.05, 4.69) is 10.0 Å². The zero-order valence-corrected chi connectivity index (χ0v) is 41.2. The van der Waals surface area contributed by atoms with Crippen LogP contribution in [0.25, 0.3) is 10.4 Å². The van der Waals surface area contributed by atoms with Crippen molar-refractivity contribution in [3.8, 4) is 0 Å². The predicted molar refractivity (Wildman–Crippen MR) is 235 cm³/mol. The van der Waals surface area contributed by atoms with E-state index in [1.165, 1.54) is 0 Å². The van der Waals surface area contributed by atoms with E-state index in [1.807, 2.05) is 0 Å². The van der Waals surface area contributed by atoms with Crippen molar-refractivity contribution < 1.29 is 168 Å². The van der Waals surface area contributed by atoms with Crippen LogP contribution in [0.4, 0.5) is 0 Å². The van der Waals surface area contributed by atoms with Crippen LogP contribution in [-0.2, 0) is 66.3 Å². The third-order valence-corrected chi connectivity index (χ3v) is 15.0. The topological polar surface area (TPSA) is 583 Å². The number of hydrogen-bond acceptors (Lipinski definition) is 35. The van der Waals surface area contributed by atoms with Gasteiger partial charge in [-0.15, -0.1) is 0 Å². The fourth-order valence-corrected chi connectivity index (χ4v) is 10.6. The van der Waals surface area contributed by atoms with Crippen LogP contribution in [0.5, 0.6) is 0 Å². The maximum absolute atomic E-state index is 11.6. The van der Waals surface area contributed by atoms with Crippen LogP contribution in [-0.4, -0.2) is 363 Å². The summed E-state index contributed by atoms with van der Waals surface area (Å²) in [4.78, 5) is 2.67. The van der Waals surface area contributed by atoms with Crippen LogP contribution in [0.1, 0.15) is 0 Å². The largest absolute Gasteiger partial charge is 0.394 e. The lowest BCUT2D eigenvalue weighted by molar-refractivity contribution is -0.396. The van der Waals surface area contributed by atoms with E-state index in [-0.39, 0.29) is 0 Å². The van der Waals surface area contributed by atoms with Crippen LogP contribution in [0.3, 0.4) is 0 Å². The summed E-state index contributed by atoms with van der Waals surface area (Å²) in [7, 11) is 0. The first-order chi connectivity index (χ1) is 37.7. The summed E-state index contributed by atoms with van der Waals surface area (Å²) in [5.41, 5.74) is 9.53. The summed E-state index contributed by atoms with van der Waals surface area (Å²) in [6, 6.07) is -1.93. The average Bonchev–Trinajstić information content (AvgIpc) is 3.60. The average molecular weight is 1160 g/mol. The van der Waals surface area contributed by atoms with Crippen molar-refractivity contribution in [1.82, 2.24) is 0 Å². The van der Waals surface area contributed by atoms with E-state index in [0.29, 0.717) is 0 Å². The monoisotopic (exact) mass is 1160 g/mol. The summed E-state index contributed by atoms with van der Waals surface area (Å²) in [6.07, 6.45) is -68.4. The van der Waals surface area contributed by atoms with E-state index in [1.54, 1.807) is 0 Å². The molecule has 15 saturated heterocycles. The quantitative estimate of drug-likeness (QED) is 0.0610. The second-order valence-electron chi connectivity index (χ2n) is 19.9. The van der Waals surface area contributed by atoms with E-state index in [9.17, 15) is 108 Å². The third-order valence-electron chi connectivity index (χ3n) is 15.0. The molecule has 79 heavy (non-hydrogen) atoms. The Balaban J connectivity index is 1.09. The van der Waals surface area contributed by atoms with Crippen molar-refractivity contribution in [3.63, 3.8) is 0 Å². The number of azide groups is 1. The minimum absolute atomic E-state index is 1.05. The second kappa shape index (κ2) is 26.9. The molecular weight excluding hydrogens is 1090 g/mol. The Labute approximate surface area is 444 Å². The molecule has 0 aromatic heterocycles. The first kappa shape index (κ1) is 63.0. The van der Waals surface area contributed by atoms with Crippen LogP contribution in [0, 0.1) is 0 Å². The van der Waals surface area contributed by atoms with Gasteiger partial charge in [-0.2, -0.15) is 0 Å². The van der Waals surface area contributed by atoms with Gasteiger partial charge in [0.2, 0.25) is 0 Å². The van der Waals surface area contributed by atoms with E-state index in [4.69, 9.17) is 66.3 Å². The summed E-state index contributed by atoms with van der Waals surface area (Å²) >= 11 is 0. The summed E-state index contributed by atoms with van der Waals surface area (Å²) in [5.74, 6) is 0. The van der Waals surface area contributed by atoms with Crippen LogP contribution in [0.2, 0.25) is 0 Å². The van der Waals surface area contributed by atoms with Gasteiger partial charge >= 0.3 is 0 Å². The Morgan fingerprint density at radius 1 is 0.241 bits per heavy atom. The molecule has 20 N–H and O–H groups in total. The standard InChI is InChI=1S/C42H69N3O34/c43-45-44-15-16(53)29-8(1-46)66-36(15)73-30-9(2-47)67-38(23(60)17(30)54)75-32-11(4-49)69-40(25(62)19(32)56)77-34-13(6-51)71-42(27(64)21(34)58)79-35-14(7-52)72-41(28(65)22(35)59)78-33-12(5-50)70-39(26(63)20(33)57)76-31-10(3-48)68-37(74-29)24(61)18(31)55/h8-42,46-65H,1-7H2/t8-,9-,10-,11-,12-,13-,14-,15+,16+,17-,18-,19-,20-,21-,22-,23-,24-,25-,26-,27-,28-,29-,30-,31-,32-,33-,34-,35-,36-,37-,38-,39-,40-,41-,42-/m1/s1. The molecule has 0 aromatic rings. The Kier molecular flexibility index (Phi) is 21.4. The van der Waals surface area contributed by atoms with Gasteiger partial charge in [0.15, 0.2) is 44.0 Å². The molecule has 0 saturated carbocycles. The van der Waals surface area contributed by atoms with Gasteiger partial charge in [0.05, 0.1) is 52.4 Å². The fourth-order valence-electron chi connectivity index (χ4n) is 10.6. The van der Waals surface area contributed by atoms with Gasteiger partial charge in [0, 0.05) is 4.91 Å². The highest BCUT2D eigenvalue weighted by Crippen LogP contribution is 2.39. The van der Waals surface area contributed by atoms with Crippen molar-refractivity contribution in [2.45, 2.75) is 215 Å². The zero-order valence-electron chi connectivity index (χ0n) is 41.2. The summed E-state index contributed by atoms with van der Waals surface area (Å²) < 4.78 is 80.0. The van der Waals surface area contributed by atoms with Gasteiger partial charge in [-0.1, -0.05) is 5.11 Å².